The largest absolute Gasteiger partial charge is 0.101 e. The number of fused-ring (bicyclic) bond motifs is 2. The van der Waals surface area contributed by atoms with Gasteiger partial charge in [0.2, 0.25) is 0 Å². The van der Waals surface area contributed by atoms with Crippen molar-refractivity contribution in [2.45, 2.75) is 13.8 Å². The Bertz CT molecular complexity index is 1530. The number of rotatable bonds is 4. The van der Waals surface area contributed by atoms with Crippen LogP contribution in [0.2, 0.25) is 0 Å². The summed E-state index contributed by atoms with van der Waals surface area (Å²) in [6.45, 7) is 3.72. The van der Waals surface area contributed by atoms with Gasteiger partial charge in [0.1, 0.15) is 0 Å². The Morgan fingerprint density at radius 1 is 0.417 bits per heavy atom. The highest BCUT2D eigenvalue weighted by atomic mass is 14.1. The van der Waals surface area contributed by atoms with Crippen molar-refractivity contribution in [2.24, 2.45) is 0 Å². The lowest BCUT2D eigenvalue weighted by atomic mass is 9.90. The smallest absolute Gasteiger partial charge is 0.0245 e. The van der Waals surface area contributed by atoms with E-state index in [4.69, 9.17) is 0 Å². The van der Waals surface area contributed by atoms with E-state index in [1.807, 2.05) is 13.8 Å². The molecular weight excluding hydrogens is 432 g/mol. The van der Waals surface area contributed by atoms with E-state index in [1.54, 1.807) is 0 Å². The van der Waals surface area contributed by atoms with Gasteiger partial charge in [-0.25, -0.2) is 0 Å². The third-order valence-electron chi connectivity index (χ3n) is 6.26. The zero-order chi connectivity index (χ0) is 24.7. The number of benzene rings is 5. The van der Waals surface area contributed by atoms with E-state index in [-0.39, 0.29) is 0 Å². The van der Waals surface area contributed by atoms with Crippen molar-refractivity contribution in [3.63, 3.8) is 0 Å². The van der Waals surface area contributed by atoms with Crippen molar-refractivity contribution in [2.75, 3.05) is 0 Å². The summed E-state index contributed by atoms with van der Waals surface area (Å²) < 4.78 is 0. The van der Waals surface area contributed by atoms with Gasteiger partial charge in [-0.15, -0.1) is 11.8 Å². The van der Waals surface area contributed by atoms with Crippen LogP contribution in [-0.2, 0) is 0 Å². The molecule has 0 unspecified atom stereocenters. The number of hydrogen-bond acceptors (Lipinski definition) is 0. The molecule has 36 heavy (non-hydrogen) atoms. The quantitative estimate of drug-likeness (QED) is 0.143. The molecule has 0 amide bonds. The minimum Gasteiger partial charge on any atom is -0.101 e. The van der Waals surface area contributed by atoms with Gasteiger partial charge in [-0.05, 0) is 81.9 Å². The maximum Gasteiger partial charge on any atom is 0.0245 e. The lowest BCUT2D eigenvalue weighted by molar-refractivity contribution is 1.61. The monoisotopic (exact) mass is 458 g/mol. The van der Waals surface area contributed by atoms with Gasteiger partial charge in [-0.2, -0.15) is 0 Å². The van der Waals surface area contributed by atoms with Crippen LogP contribution in [0.3, 0.4) is 0 Å². The zero-order valence-electron chi connectivity index (χ0n) is 20.5. The molecule has 0 radical (unpaired) electrons. The molecular formula is C36H26. The highest BCUT2D eigenvalue weighted by Gasteiger charge is 2.10. The topological polar surface area (TPSA) is 0 Å². The fourth-order valence-corrected chi connectivity index (χ4v) is 4.56. The van der Waals surface area contributed by atoms with E-state index in [2.05, 4.69) is 145 Å². The minimum atomic E-state index is 1.04. The van der Waals surface area contributed by atoms with Crippen LogP contribution in [0.25, 0.3) is 45.8 Å². The van der Waals surface area contributed by atoms with E-state index < -0.39 is 0 Å². The van der Waals surface area contributed by atoms with E-state index >= 15 is 0 Å². The lowest BCUT2D eigenvalue weighted by Gasteiger charge is -2.13. The average molecular weight is 459 g/mol. The van der Waals surface area contributed by atoms with Crippen LogP contribution < -0.4 is 0 Å². The predicted molar refractivity (Wildman–Crippen MR) is 157 cm³/mol. The van der Waals surface area contributed by atoms with Crippen molar-refractivity contribution in [1.82, 2.24) is 0 Å². The van der Waals surface area contributed by atoms with Gasteiger partial charge >= 0.3 is 0 Å². The van der Waals surface area contributed by atoms with Gasteiger partial charge < -0.3 is 0 Å². The van der Waals surface area contributed by atoms with Gasteiger partial charge in [-0.1, -0.05) is 109 Å². The molecule has 0 saturated carbocycles. The van der Waals surface area contributed by atoms with E-state index in [0.717, 1.165) is 22.3 Å². The van der Waals surface area contributed by atoms with Crippen LogP contribution in [0.15, 0.2) is 97.1 Å². The van der Waals surface area contributed by atoms with Crippen LogP contribution in [0.4, 0.5) is 0 Å². The summed E-state index contributed by atoms with van der Waals surface area (Å²) in [5, 5.41) is 4.98. The van der Waals surface area contributed by atoms with Crippen molar-refractivity contribution in [3.05, 3.63) is 130 Å². The summed E-state index contributed by atoms with van der Waals surface area (Å²) in [6.07, 6.45) is 8.86. The molecule has 5 aromatic rings. The van der Waals surface area contributed by atoms with Crippen molar-refractivity contribution in [1.29, 1.82) is 0 Å². The first kappa shape index (κ1) is 23.0. The molecule has 170 valence electrons. The van der Waals surface area contributed by atoms with E-state index in [0.29, 0.717) is 0 Å². The Morgan fingerprint density at radius 3 is 1.06 bits per heavy atom. The maximum absolute atomic E-state index is 3.11. The van der Waals surface area contributed by atoms with Crippen LogP contribution in [0, 0.1) is 23.7 Å². The van der Waals surface area contributed by atoms with Crippen molar-refractivity contribution >= 4 is 45.8 Å². The molecule has 0 aliphatic heterocycles. The summed E-state index contributed by atoms with van der Waals surface area (Å²) in [5.74, 6) is 12.1. The first-order valence-corrected chi connectivity index (χ1v) is 12.1. The van der Waals surface area contributed by atoms with Gasteiger partial charge in [0.05, 0.1) is 0 Å². The van der Waals surface area contributed by atoms with E-state index in [1.165, 1.54) is 32.7 Å². The van der Waals surface area contributed by atoms with Crippen LogP contribution in [-0.4, -0.2) is 0 Å². The SMILES string of the molecule is CC#Cc1ccc(/C=C/c2c3ccccc3c(/C=C/c3ccc(C#CC)cc3)c3ccccc23)cc1. The fourth-order valence-electron chi connectivity index (χ4n) is 4.56. The maximum atomic E-state index is 3.11. The Hall–Kier alpha value is -4.78. The second-order valence-corrected chi connectivity index (χ2v) is 8.58. The molecule has 0 aromatic heterocycles. The third kappa shape index (κ3) is 4.86. The summed E-state index contributed by atoms with van der Waals surface area (Å²) in [6, 6.07) is 34.1. The van der Waals surface area contributed by atoms with Crippen molar-refractivity contribution < 1.29 is 0 Å². The van der Waals surface area contributed by atoms with Gasteiger partial charge in [0.25, 0.3) is 0 Å². The number of hydrogen-bond donors (Lipinski definition) is 0. The third-order valence-corrected chi connectivity index (χ3v) is 6.26. The molecule has 0 aliphatic carbocycles. The summed E-state index contributed by atoms with van der Waals surface area (Å²) in [4.78, 5) is 0. The van der Waals surface area contributed by atoms with Crippen LogP contribution in [0.5, 0.6) is 0 Å². The lowest BCUT2D eigenvalue weighted by Crippen LogP contribution is -1.88. The van der Waals surface area contributed by atoms with Crippen LogP contribution in [0.1, 0.15) is 47.2 Å². The highest BCUT2D eigenvalue weighted by molar-refractivity contribution is 6.14. The minimum absolute atomic E-state index is 1.04. The Kier molecular flexibility index (Phi) is 6.80. The molecule has 0 saturated heterocycles. The standard InChI is InChI=1S/C36H26/c1-3-9-27-15-19-29(20-16-27)23-25-35-31-11-5-7-13-33(31)36(34-14-8-6-12-32(34)35)26-24-30-21-17-28(10-4-2)18-22-30/h5-8,11-26H,1-2H3/b25-23+,26-24+. The Morgan fingerprint density at radius 2 is 0.750 bits per heavy atom. The normalized spacial score (nSPS) is 10.9. The van der Waals surface area contributed by atoms with Gasteiger partial charge in [-0.3, -0.25) is 0 Å². The molecule has 5 rings (SSSR count). The van der Waals surface area contributed by atoms with Crippen molar-refractivity contribution in [3.8, 4) is 23.7 Å². The Labute approximate surface area is 213 Å². The molecule has 0 heterocycles. The molecule has 0 nitrogen and oxygen atoms in total. The zero-order valence-corrected chi connectivity index (χ0v) is 20.5. The van der Waals surface area contributed by atoms with Crippen LogP contribution >= 0.6 is 0 Å². The average Bonchev–Trinajstić information content (AvgIpc) is 2.92. The molecule has 0 N–H and O–H groups in total. The molecule has 0 heteroatoms. The predicted octanol–water partition coefficient (Wildman–Crippen LogP) is 9.08. The first-order valence-electron chi connectivity index (χ1n) is 12.1. The second kappa shape index (κ2) is 10.7. The summed E-state index contributed by atoms with van der Waals surface area (Å²) >= 11 is 0. The molecule has 0 atom stereocenters. The first-order chi connectivity index (χ1) is 17.8. The molecule has 0 fully saturated rings. The van der Waals surface area contributed by atoms with Gasteiger partial charge in [0.15, 0.2) is 0 Å². The summed E-state index contributed by atoms with van der Waals surface area (Å²) in [5.41, 5.74) is 6.86. The van der Waals surface area contributed by atoms with E-state index in [9.17, 15) is 0 Å². The molecule has 0 aliphatic rings. The second-order valence-electron chi connectivity index (χ2n) is 8.58. The van der Waals surface area contributed by atoms with Gasteiger partial charge in [0, 0.05) is 11.1 Å². The molecule has 0 spiro atoms. The highest BCUT2D eigenvalue weighted by Crippen LogP contribution is 2.35. The Balaban J connectivity index is 1.61. The summed E-state index contributed by atoms with van der Waals surface area (Å²) in [7, 11) is 0. The molecule has 0 bridgehead atoms. The fraction of sp³-hybridized carbons (Fsp3) is 0.0556. The molecule has 5 aromatic carbocycles.